The van der Waals surface area contributed by atoms with E-state index in [9.17, 15) is 69.9 Å². The molecular formula is C36H59N3O21. The zero-order valence-corrected chi connectivity index (χ0v) is 33.7. The Hall–Kier alpha value is -3.21. The molecule has 0 aromatic heterocycles. The molecule has 4 aliphatic rings. The van der Waals surface area contributed by atoms with Crippen LogP contribution in [0.15, 0.2) is 0 Å². The molecule has 0 aliphatic carbocycles. The van der Waals surface area contributed by atoms with Crippen LogP contribution in [-0.2, 0) is 57.1 Å². The van der Waals surface area contributed by atoms with Crippen molar-refractivity contribution in [1.29, 1.82) is 0 Å². The molecule has 60 heavy (non-hydrogen) atoms. The molecule has 4 saturated heterocycles. The summed E-state index contributed by atoms with van der Waals surface area (Å²) in [5.41, 5.74) is 0. The van der Waals surface area contributed by atoms with Gasteiger partial charge in [0.2, 0.25) is 17.7 Å². The van der Waals surface area contributed by atoms with Gasteiger partial charge in [0, 0.05) is 32.7 Å². The monoisotopic (exact) mass is 869 g/mol. The number of carboxylic acid groups (broad SMARTS) is 2. The van der Waals surface area contributed by atoms with Crippen LogP contribution in [0.25, 0.3) is 0 Å². The second kappa shape index (κ2) is 21.7. The summed E-state index contributed by atoms with van der Waals surface area (Å²) in [4.78, 5) is 62.0. The summed E-state index contributed by atoms with van der Waals surface area (Å²) < 4.78 is 40.4. The van der Waals surface area contributed by atoms with E-state index in [1.54, 1.807) is 0 Å². The number of hydrogen-bond donors (Lipinski definition) is 12. The molecule has 8 unspecified atom stereocenters. The zero-order chi connectivity index (χ0) is 44.7. The van der Waals surface area contributed by atoms with Crippen molar-refractivity contribution in [2.75, 3.05) is 13.2 Å². The van der Waals surface area contributed by atoms with Crippen molar-refractivity contribution >= 4 is 29.7 Å². The number of carbonyl (C=O) groups is 5. The minimum atomic E-state index is -2.22. The quantitative estimate of drug-likeness (QED) is 0.0608. The Kier molecular flexibility index (Phi) is 17.9. The van der Waals surface area contributed by atoms with Gasteiger partial charge in [0.25, 0.3) is 0 Å². The molecule has 344 valence electrons. The first-order valence-corrected chi connectivity index (χ1v) is 19.8. The number of amides is 3. The summed E-state index contributed by atoms with van der Waals surface area (Å²) in [7, 11) is 0. The minimum Gasteiger partial charge on any atom is -0.479 e. The van der Waals surface area contributed by atoms with Crippen LogP contribution >= 0.6 is 0 Å². The third kappa shape index (κ3) is 11.6. The molecule has 0 spiro atoms. The molecule has 4 rings (SSSR count). The summed E-state index contributed by atoms with van der Waals surface area (Å²) in [6.45, 7) is 6.56. The third-order valence-corrected chi connectivity index (χ3v) is 10.9. The van der Waals surface area contributed by atoms with Gasteiger partial charge < -0.3 is 95.1 Å². The van der Waals surface area contributed by atoms with E-state index in [1.165, 1.54) is 13.8 Å². The third-order valence-electron chi connectivity index (χ3n) is 10.9. The van der Waals surface area contributed by atoms with Gasteiger partial charge in [-0.2, -0.15) is 0 Å². The van der Waals surface area contributed by atoms with Gasteiger partial charge in [0.05, 0.1) is 31.0 Å². The lowest BCUT2D eigenvalue weighted by Gasteiger charge is -2.50. The van der Waals surface area contributed by atoms with Crippen molar-refractivity contribution in [3.63, 3.8) is 0 Å². The highest BCUT2D eigenvalue weighted by molar-refractivity contribution is 5.76. The summed E-state index contributed by atoms with van der Waals surface area (Å²) in [5.74, 6) is -6.28. The lowest BCUT2D eigenvalue weighted by atomic mass is 9.90. The first-order chi connectivity index (χ1) is 28.2. The van der Waals surface area contributed by atoms with E-state index in [4.69, 9.17) is 33.2 Å². The Labute approximate surface area is 344 Å². The van der Waals surface area contributed by atoms with Crippen molar-refractivity contribution in [3.8, 4) is 0 Å². The topological polar surface area (TPSA) is 368 Å². The fourth-order valence-electron chi connectivity index (χ4n) is 7.63. The van der Waals surface area contributed by atoms with Crippen LogP contribution in [-0.4, -0.2) is 205 Å². The fourth-order valence-corrected chi connectivity index (χ4v) is 7.63. The molecule has 0 saturated carbocycles. The van der Waals surface area contributed by atoms with Gasteiger partial charge in [-0.25, -0.2) is 9.59 Å². The molecule has 0 aromatic rings. The first kappa shape index (κ1) is 49.4. The van der Waals surface area contributed by atoms with Crippen LogP contribution in [0.5, 0.6) is 0 Å². The molecule has 20 atom stereocenters. The predicted octanol–water partition coefficient (Wildman–Crippen LogP) is -5.23. The van der Waals surface area contributed by atoms with Crippen molar-refractivity contribution in [2.45, 2.75) is 177 Å². The number of aliphatic carboxylic acids is 2. The lowest BCUT2D eigenvalue weighted by molar-refractivity contribution is -0.364. The predicted molar refractivity (Wildman–Crippen MR) is 195 cm³/mol. The standard InChI is InChI=1S/C36H59N3O21/c1-6-7-10-37-18(43)9-8-16-22(45)29(58-35-25(48)21(44)12(2)27(56-35)32(50)51)20(39-15(5)42)34(55-16)59-30-24(47)26(49)36(60-31(30)33(52)53)57-28-19(38-14(4)41)13(3)54-17(11-40)23(28)46/h12-13,16-17,19-31,34-36,40,44-49H,6-11H2,1-5H3,(H,37,43)(H,38,41)(H,39,42)(H,50,51)(H,52,53)/t12-,13-,16?,17?,19?,20?,21-,22+,23+,24+,25?,26?,27?,28+,29+,30-,31?,34-,35-,36+/m0/s1. The average Bonchev–Trinajstić information content (AvgIpc) is 3.18. The van der Waals surface area contributed by atoms with E-state index >= 15 is 0 Å². The number of rotatable bonds is 17. The molecule has 0 aromatic carbocycles. The van der Waals surface area contributed by atoms with Crippen LogP contribution in [0.4, 0.5) is 0 Å². The Morgan fingerprint density at radius 2 is 1.13 bits per heavy atom. The number of aliphatic hydroxyl groups is 7. The summed E-state index contributed by atoms with van der Waals surface area (Å²) in [5, 5.41) is 104. The molecular weight excluding hydrogens is 810 g/mol. The van der Waals surface area contributed by atoms with Gasteiger partial charge >= 0.3 is 11.9 Å². The van der Waals surface area contributed by atoms with Crippen molar-refractivity contribution in [2.24, 2.45) is 5.92 Å². The first-order valence-electron chi connectivity index (χ1n) is 19.8. The fraction of sp³-hybridized carbons (Fsp3) is 0.861. The number of nitrogens with one attached hydrogen (secondary N) is 3. The maximum Gasteiger partial charge on any atom is 0.335 e. The lowest BCUT2D eigenvalue weighted by Crippen LogP contribution is -2.70. The van der Waals surface area contributed by atoms with Gasteiger partial charge in [-0.1, -0.05) is 20.3 Å². The maximum absolute atomic E-state index is 12.7. The van der Waals surface area contributed by atoms with E-state index < -0.39 is 159 Å². The van der Waals surface area contributed by atoms with Crippen molar-refractivity contribution < 1.29 is 103 Å². The van der Waals surface area contributed by atoms with E-state index in [0.717, 1.165) is 20.3 Å². The second-order valence-corrected chi connectivity index (χ2v) is 15.4. The number of carboxylic acids is 2. The molecule has 4 aliphatic heterocycles. The number of carbonyl (C=O) groups excluding carboxylic acids is 3. The summed E-state index contributed by atoms with van der Waals surface area (Å²) in [6.07, 6.45) is -29.4. The van der Waals surface area contributed by atoms with E-state index in [-0.39, 0.29) is 12.8 Å². The largest absolute Gasteiger partial charge is 0.479 e. The molecule has 24 nitrogen and oxygen atoms in total. The average molecular weight is 870 g/mol. The number of aliphatic hydroxyl groups excluding tert-OH is 7. The molecule has 12 N–H and O–H groups in total. The highest BCUT2D eigenvalue weighted by Gasteiger charge is 2.57. The normalized spacial score (nSPS) is 42.1. The van der Waals surface area contributed by atoms with Gasteiger partial charge in [0.15, 0.2) is 31.1 Å². The Bertz CT molecular complexity index is 1480. The highest BCUT2D eigenvalue weighted by atomic mass is 16.8. The van der Waals surface area contributed by atoms with E-state index in [0.29, 0.717) is 13.0 Å². The molecule has 24 heteroatoms. The van der Waals surface area contributed by atoms with Gasteiger partial charge in [-0.15, -0.1) is 0 Å². The van der Waals surface area contributed by atoms with Gasteiger partial charge in [-0.3, -0.25) is 14.4 Å². The van der Waals surface area contributed by atoms with E-state index in [2.05, 4.69) is 16.0 Å². The summed E-state index contributed by atoms with van der Waals surface area (Å²) >= 11 is 0. The molecule has 3 amide bonds. The molecule has 0 bridgehead atoms. The zero-order valence-electron chi connectivity index (χ0n) is 33.7. The number of hydrogen-bond acceptors (Lipinski definition) is 19. The smallest absolute Gasteiger partial charge is 0.335 e. The van der Waals surface area contributed by atoms with Crippen molar-refractivity contribution in [3.05, 3.63) is 0 Å². The molecule has 4 fully saturated rings. The van der Waals surface area contributed by atoms with Crippen LogP contribution in [0.1, 0.15) is 60.3 Å². The van der Waals surface area contributed by atoms with Gasteiger partial charge in [-0.05, 0) is 19.8 Å². The van der Waals surface area contributed by atoms with Crippen LogP contribution in [0, 0.1) is 5.92 Å². The highest BCUT2D eigenvalue weighted by Crippen LogP contribution is 2.36. The van der Waals surface area contributed by atoms with E-state index in [1.807, 2.05) is 6.92 Å². The number of ether oxygens (including phenoxy) is 7. The molecule has 4 heterocycles. The van der Waals surface area contributed by atoms with Crippen LogP contribution in [0.3, 0.4) is 0 Å². The summed E-state index contributed by atoms with van der Waals surface area (Å²) in [6, 6.07) is -2.83. The SMILES string of the molecule is CCCCNC(=O)CCC1O[C@@H](O[C@@H]2C(C(=O)O)O[C@@H](O[C@@H]3C(NC(C)=O)[C@H](C)OC(CO)[C@H]3O)C(O)[C@H]2O)C(NC(C)=O)[C@@H](O[C@@H]2OC(C(=O)O)[C@@H](C)[C@H](O)C2O)[C@@H]1O. The van der Waals surface area contributed by atoms with Crippen LogP contribution < -0.4 is 16.0 Å². The Morgan fingerprint density at radius 3 is 1.68 bits per heavy atom. The van der Waals surface area contributed by atoms with Gasteiger partial charge in [0.1, 0.15) is 61.0 Å². The Balaban J connectivity index is 1.67. The van der Waals surface area contributed by atoms with Crippen molar-refractivity contribution in [1.82, 2.24) is 16.0 Å². The maximum atomic E-state index is 12.7. The minimum absolute atomic E-state index is 0.256. The Morgan fingerprint density at radius 1 is 0.617 bits per heavy atom. The molecule has 0 radical (unpaired) electrons. The number of unbranched alkanes of at least 4 members (excludes halogenated alkanes) is 1. The van der Waals surface area contributed by atoms with Crippen LogP contribution in [0.2, 0.25) is 0 Å². The second-order valence-electron chi connectivity index (χ2n) is 15.4.